The summed E-state index contributed by atoms with van der Waals surface area (Å²) in [6.45, 7) is 5.84. The van der Waals surface area contributed by atoms with Gasteiger partial charge >= 0.3 is 0 Å². The Labute approximate surface area is 117 Å². The van der Waals surface area contributed by atoms with E-state index >= 15 is 0 Å². The molecule has 0 bridgehead atoms. The molecule has 7 heteroatoms. The lowest BCUT2D eigenvalue weighted by molar-refractivity contribution is 0.0946. The predicted molar refractivity (Wildman–Crippen MR) is 75.5 cm³/mol. The predicted octanol–water partition coefficient (Wildman–Crippen LogP) is 0.843. The average Bonchev–Trinajstić information content (AvgIpc) is 2.85. The summed E-state index contributed by atoms with van der Waals surface area (Å²) in [7, 11) is 0. The van der Waals surface area contributed by atoms with Gasteiger partial charge in [-0.1, -0.05) is 0 Å². The lowest BCUT2D eigenvalue weighted by atomic mass is 10.4. The fourth-order valence-corrected chi connectivity index (χ4v) is 1.68. The van der Waals surface area contributed by atoms with Crippen molar-refractivity contribution in [3.05, 3.63) is 36.0 Å². The van der Waals surface area contributed by atoms with Crippen LogP contribution in [0.25, 0.3) is 0 Å². The van der Waals surface area contributed by atoms with E-state index in [1.807, 2.05) is 20.0 Å². The summed E-state index contributed by atoms with van der Waals surface area (Å²) >= 11 is 0. The van der Waals surface area contributed by atoms with Gasteiger partial charge in [-0.15, -0.1) is 0 Å². The molecule has 0 aliphatic rings. The molecule has 1 amide bonds. The number of rotatable bonds is 6. The molecule has 0 atom stereocenters. The van der Waals surface area contributed by atoms with Crippen LogP contribution in [-0.4, -0.2) is 38.7 Å². The fraction of sp³-hybridized carbons (Fsp3) is 0.385. The fourth-order valence-electron chi connectivity index (χ4n) is 1.68. The third kappa shape index (κ3) is 3.78. The molecule has 7 nitrogen and oxygen atoms in total. The van der Waals surface area contributed by atoms with Gasteiger partial charge in [0.25, 0.3) is 5.91 Å². The summed E-state index contributed by atoms with van der Waals surface area (Å²) in [5, 5.41) is 9.96. The second kappa shape index (κ2) is 6.65. The van der Waals surface area contributed by atoms with Crippen LogP contribution in [0, 0.1) is 6.92 Å². The molecule has 0 aliphatic carbocycles. The van der Waals surface area contributed by atoms with Crippen LogP contribution in [0.2, 0.25) is 0 Å². The molecule has 106 valence electrons. The minimum absolute atomic E-state index is 0.232. The van der Waals surface area contributed by atoms with Crippen molar-refractivity contribution in [1.82, 2.24) is 25.1 Å². The molecular formula is C13H18N6O. The molecule has 20 heavy (non-hydrogen) atoms. The number of carbonyl (C=O) groups excluding carboxylic acids is 1. The molecule has 2 N–H and O–H groups in total. The smallest absolute Gasteiger partial charge is 0.271 e. The van der Waals surface area contributed by atoms with Crippen LogP contribution in [0.4, 0.5) is 5.82 Å². The van der Waals surface area contributed by atoms with Crippen molar-refractivity contribution < 1.29 is 4.79 Å². The first-order valence-electron chi connectivity index (χ1n) is 6.52. The first kappa shape index (κ1) is 14.0. The summed E-state index contributed by atoms with van der Waals surface area (Å²) in [6.07, 6.45) is 6.73. The van der Waals surface area contributed by atoms with E-state index in [2.05, 4.69) is 25.7 Å². The number of carbonyl (C=O) groups is 1. The van der Waals surface area contributed by atoms with Crippen LogP contribution in [0.15, 0.2) is 24.8 Å². The minimum Gasteiger partial charge on any atom is -0.369 e. The highest BCUT2D eigenvalue weighted by atomic mass is 16.1. The molecule has 2 heterocycles. The highest BCUT2D eigenvalue weighted by Crippen LogP contribution is 2.00. The average molecular weight is 274 g/mol. The largest absolute Gasteiger partial charge is 0.369 e. The molecule has 0 radical (unpaired) electrons. The van der Waals surface area contributed by atoms with Gasteiger partial charge < -0.3 is 10.6 Å². The van der Waals surface area contributed by atoms with Crippen LogP contribution in [0.3, 0.4) is 0 Å². The number of hydrogen-bond donors (Lipinski definition) is 2. The lowest BCUT2D eigenvalue weighted by Crippen LogP contribution is -2.28. The molecule has 2 aromatic heterocycles. The number of hydrogen-bond acceptors (Lipinski definition) is 5. The molecule has 0 fully saturated rings. The van der Waals surface area contributed by atoms with Crippen molar-refractivity contribution in [2.75, 3.05) is 18.4 Å². The monoisotopic (exact) mass is 274 g/mol. The van der Waals surface area contributed by atoms with Crippen molar-refractivity contribution in [2.24, 2.45) is 0 Å². The van der Waals surface area contributed by atoms with Crippen LogP contribution in [0.5, 0.6) is 0 Å². The number of aryl methyl sites for hydroxylation is 1. The van der Waals surface area contributed by atoms with E-state index in [0.29, 0.717) is 24.6 Å². The second-order valence-corrected chi connectivity index (χ2v) is 4.35. The molecule has 2 aromatic rings. The van der Waals surface area contributed by atoms with Gasteiger partial charge in [-0.3, -0.25) is 9.48 Å². The van der Waals surface area contributed by atoms with E-state index in [4.69, 9.17) is 0 Å². The second-order valence-electron chi connectivity index (χ2n) is 4.35. The zero-order chi connectivity index (χ0) is 14.4. The zero-order valence-electron chi connectivity index (χ0n) is 11.6. The van der Waals surface area contributed by atoms with Crippen molar-refractivity contribution in [3.8, 4) is 0 Å². The van der Waals surface area contributed by atoms with Gasteiger partial charge in [-0.05, 0) is 19.4 Å². The van der Waals surface area contributed by atoms with Gasteiger partial charge in [0.1, 0.15) is 11.5 Å². The number of amides is 1. The van der Waals surface area contributed by atoms with E-state index in [1.165, 1.54) is 6.20 Å². The summed E-state index contributed by atoms with van der Waals surface area (Å²) in [5.74, 6) is 0.431. The summed E-state index contributed by atoms with van der Waals surface area (Å²) in [5.41, 5.74) is 1.41. The third-order valence-corrected chi connectivity index (χ3v) is 2.63. The first-order chi connectivity index (χ1) is 9.69. The Morgan fingerprint density at radius 1 is 1.30 bits per heavy atom. The number of aromatic nitrogens is 4. The zero-order valence-corrected chi connectivity index (χ0v) is 11.6. The minimum atomic E-state index is -0.232. The van der Waals surface area contributed by atoms with E-state index in [0.717, 1.165) is 12.1 Å². The number of anilines is 1. The van der Waals surface area contributed by atoms with E-state index in [-0.39, 0.29) is 5.91 Å². The van der Waals surface area contributed by atoms with Crippen molar-refractivity contribution in [3.63, 3.8) is 0 Å². The Bertz CT molecular complexity index is 562. The van der Waals surface area contributed by atoms with Crippen LogP contribution in [0.1, 0.15) is 23.0 Å². The third-order valence-electron chi connectivity index (χ3n) is 2.63. The quantitative estimate of drug-likeness (QED) is 0.815. The Morgan fingerprint density at radius 3 is 2.75 bits per heavy atom. The van der Waals surface area contributed by atoms with E-state index in [9.17, 15) is 4.79 Å². The Morgan fingerprint density at radius 2 is 2.15 bits per heavy atom. The summed E-state index contributed by atoms with van der Waals surface area (Å²) in [4.78, 5) is 20.0. The molecule has 0 saturated heterocycles. The SMILES string of the molecule is CCNc1cnc(C(=O)NCCn2cc(C)cn2)cn1. The maximum Gasteiger partial charge on any atom is 0.271 e. The normalized spacial score (nSPS) is 10.3. The Balaban J connectivity index is 1.82. The molecule has 2 rings (SSSR count). The highest BCUT2D eigenvalue weighted by molar-refractivity contribution is 5.91. The van der Waals surface area contributed by atoms with E-state index < -0.39 is 0 Å². The Kier molecular flexibility index (Phi) is 4.65. The van der Waals surface area contributed by atoms with Gasteiger partial charge in [0.05, 0.1) is 25.1 Å². The van der Waals surface area contributed by atoms with Gasteiger partial charge in [0.15, 0.2) is 0 Å². The first-order valence-corrected chi connectivity index (χ1v) is 6.52. The molecule has 0 unspecified atom stereocenters. The van der Waals surface area contributed by atoms with Gasteiger partial charge in [0.2, 0.25) is 0 Å². The summed E-state index contributed by atoms with van der Waals surface area (Å²) < 4.78 is 1.79. The maximum absolute atomic E-state index is 11.8. The van der Waals surface area contributed by atoms with E-state index in [1.54, 1.807) is 17.1 Å². The number of nitrogens with one attached hydrogen (secondary N) is 2. The van der Waals surface area contributed by atoms with Crippen LogP contribution < -0.4 is 10.6 Å². The van der Waals surface area contributed by atoms with Crippen molar-refractivity contribution in [2.45, 2.75) is 20.4 Å². The summed E-state index contributed by atoms with van der Waals surface area (Å²) in [6, 6.07) is 0. The molecule has 0 aliphatic heterocycles. The standard InChI is InChI=1S/C13H18N6O/c1-3-14-12-8-16-11(7-17-12)13(20)15-4-5-19-9-10(2)6-18-19/h6-9H,3-5H2,1-2H3,(H,14,17)(H,15,20). The maximum atomic E-state index is 11.8. The van der Waals surface area contributed by atoms with Crippen molar-refractivity contribution >= 4 is 11.7 Å². The van der Waals surface area contributed by atoms with Crippen LogP contribution in [-0.2, 0) is 6.54 Å². The molecular weight excluding hydrogens is 256 g/mol. The number of nitrogens with zero attached hydrogens (tertiary/aromatic N) is 4. The molecule has 0 aromatic carbocycles. The lowest BCUT2D eigenvalue weighted by Gasteiger charge is -2.05. The van der Waals surface area contributed by atoms with Crippen LogP contribution >= 0.6 is 0 Å². The molecule has 0 saturated carbocycles. The van der Waals surface area contributed by atoms with Gasteiger partial charge in [-0.2, -0.15) is 5.10 Å². The Hall–Kier alpha value is -2.44. The topological polar surface area (TPSA) is 84.7 Å². The molecule has 0 spiro atoms. The van der Waals surface area contributed by atoms with Crippen molar-refractivity contribution in [1.29, 1.82) is 0 Å². The highest BCUT2D eigenvalue weighted by Gasteiger charge is 2.07. The van der Waals surface area contributed by atoms with Gasteiger partial charge in [0, 0.05) is 19.3 Å². The van der Waals surface area contributed by atoms with Gasteiger partial charge in [-0.25, -0.2) is 9.97 Å².